The molecule has 0 aliphatic rings. The van der Waals surface area contributed by atoms with E-state index in [1.165, 1.54) is 12.0 Å². The van der Waals surface area contributed by atoms with Crippen molar-refractivity contribution in [2.45, 2.75) is 45.7 Å². The minimum Gasteiger partial charge on any atom is -0.493 e. The molecule has 0 spiro atoms. The SMILES string of the molecule is CCCCNC(=O)[C@@H](CC)N(Cc1c(Cl)cccc1Cl)C(=O)COc1ccccc1OC. The van der Waals surface area contributed by atoms with Crippen LogP contribution in [0.15, 0.2) is 42.5 Å². The van der Waals surface area contributed by atoms with Crippen molar-refractivity contribution in [2.75, 3.05) is 20.3 Å². The van der Waals surface area contributed by atoms with Crippen LogP contribution >= 0.6 is 23.2 Å². The first kappa shape index (κ1) is 25.8. The van der Waals surface area contributed by atoms with E-state index in [2.05, 4.69) is 5.32 Å². The Morgan fingerprint density at radius 2 is 1.69 bits per heavy atom. The van der Waals surface area contributed by atoms with Crippen LogP contribution in [0, 0.1) is 0 Å². The highest BCUT2D eigenvalue weighted by molar-refractivity contribution is 6.36. The monoisotopic (exact) mass is 480 g/mol. The second kappa shape index (κ2) is 13.2. The molecule has 8 heteroatoms. The molecular weight excluding hydrogens is 451 g/mol. The molecule has 2 rings (SSSR count). The van der Waals surface area contributed by atoms with Crippen molar-refractivity contribution in [1.82, 2.24) is 10.2 Å². The number of hydrogen-bond donors (Lipinski definition) is 1. The van der Waals surface area contributed by atoms with E-state index in [-0.39, 0.29) is 25.0 Å². The number of ether oxygens (including phenoxy) is 2. The molecule has 0 radical (unpaired) electrons. The Morgan fingerprint density at radius 3 is 2.28 bits per heavy atom. The van der Waals surface area contributed by atoms with Gasteiger partial charge in [-0.2, -0.15) is 0 Å². The van der Waals surface area contributed by atoms with Crippen molar-refractivity contribution in [2.24, 2.45) is 0 Å². The molecule has 6 nitrogen and oxygen atoms in total. The Hall–Kier alpha value is -2.44. The highest BCUT2D eigenvalue weighted by atomic mass is 35.5. The van der Waals surface area contributed by atoms with E-state index in [0.717, 1.165) is 12.8 Å². The molecule has 2 aromatic carbocycles. The third kappa shape index (κ3) is 7.04. The van der Waals surface area contributed by atoms with E-state index in [0.29, 0.717) is 40.1 Å². The van der Waals surface area contributed by atoms with Crippen LogP contribution in [0.3, 0.4) is 0 Å². The van der Waals surface area contributed by atoms with Gasteiger partial charge in [-0.25, -0.2) is 0 Å². The summed E-state index contributed by atoms with van der Waals surface area (Å²) in [5.41, 5.74) is 0.585. The molecule has 0 heterocycles. The quantitative estimate of drug-likeness (QED) is 0.428. The van der Waals surface area contributed by atoms with E-state index in [9.17, 15) is 9.59 Å². The number of hydrogen-bond acceptors (Lipinski definition) is 4. The number of carbonyl (C=O) groups excluding carboxylic acids is 2. The third-order valence-corrected chi connectivity index (χ3v) is 5.73. The molecule has 1 atom stereocenters. The van der Waals surface area contributed by atoms with Crippen LogP contribution in [0.5, 0.6) is 11.5 Å². The molecule has 2 aromatic rings. The lowest BCUT2D eigenvalue weighted by molar-refractivity contribution is -0.143. The number of amides is 2. The summed E-state index contributed by atoms with van der Waals surface area (Å²) < 4.78 is 11.0. The number of nitrogens with zero attached hydrogens (tertiary/aromatic N) is 1. The maximum atomic E-state index is 13.3. The summed E-state index contributed by atoms with van der Waals surface area (Å²) in [5.74, 6) is 0.393. The fourth-order valence-corrected chi connectivity index (χ4v) is 3.76. The summed E-state index contributed by atoms with van der Waals surface area (Å²) in [5, 5.41) is 3.78. The van der Waals surface area contributed by atoms with Crippen LogP contribution < -0.4 is 14.8 Å². The van der Waals surface area contributed by atoms with Gasteiger partial charge in [-0.3, -0.25) is 9.59 Å². The van der Waals surface area contributed by atoms with Crippen molar-refractivity contribution in [1.29, 1.82) is 0 Å². The summed E-state index contributed by atoms with van der Waals surface area (Å²) in [6.45, 7) is 4.29. The van der Waals surface area contributed by atoms with Gasteiger partial charge in [0.25, 0.3) is 5.91 Å². The minimum absolute atomic E-state index is 0.0896. The Labute approximate surface area is 199 Å². The van der Waals surface area contributed by atoms with Crippen LogP contribution in [0.1, 0.15) is 38.7 Å². The number of para-hydroxylation sites is 2. The summed E-state index contributed by atoms with van der Waals surface area (Å²) in [6, 6.07) is 11.5. The highest BCUT2D eigenvalue weighted by Gasteiger charge is 2.30. The van der Waals surface area contributed by atoms with Crippen molar-refractivity contribution < 1.29 is 19.1 Å². The number of nitrogens with one attached hydrogen (secondary N) is 1. The molecule has 0 fully saturated rings. The average Bonchev–Trinajstić information content (AvgIpc) is 2.79. The Kier molecular flexibility index (Phi) is 10.6. The number of unbranched alkanes of at least 4 members (excludes halogenated alkanes) is 1. The Morgan fingerprint density at radius 1 is 1.03 bits per heavy atom. The maximum Gasteiger partial charge on any atom is 0.261 e. The first-order valence-corrected chi connectivity index (χ1v) is 11.4. The van der Waals surface area contributed by atoms with Gasteiger partial charge in [-0.05, 0) is 37.1 Å². The lowest BCUT2D eigenvalue weighted by atomic mass is 10.1. The fraction of sp³-hybridized carbons (Fsp3) is 0.417. The van der Waals surface area contributed by atoms with Crippen molar-refractivity contribution in [3.8, 4) is 11.5 Å². The molecule has 2 amide bonds. The Bertz CT molecular complexity index is 887. The standard InChI is InChI=1S/C24H30Cl2N2O4/c1-4-6-14-27-24(30)20(5-2)28(15-17-18(25)10-9-11-19(17)26)23(29)16-32-22-13-8-7-12-21(22)31-3/h7-13,20H,4-6,14-16H2,1-3H3,(H,27,30)/t20-/m1/s1. The second-order valence-electron chi connectivity index (χ2n) is 7.23. The van der Waals surface area contributed by atoms with E-state index < -0.39 is 6.04 Å². The van der Waals surface area contributed by atoms with Gasteiger partial charge in [0.15, 0.2) is 18.1 Å². The van der Waals surface area contributed by atoms with E-state index in [1.54, 1.807) is 36.4 Å². The van der Waals surface area contributed by atoms with Crippen molar-refractivity contribution in [3.63, 3.8) is 0 Å². The summed E-state index contributed by atoms with van der Waals surface area (Å²) in [6.07, 6.45) is 2.26. The van der Waals surface area contributed by atoms with Crippen LogP contribution in [0.4, 0.5) is 0 Å². The first-order valence-electron chi connectivity index (χ1n) is 10.7. The predicted octanol–water partition coefficient (Wildman–Crippen LogP) is 5.10. The molecule has 0 aromatic heterocycles. The zero-order valence-corrected chi connectivity index (χ0v) is 20.2. The Balaban J connectivity index is 2.27. The molecule has 0 aliphatic heterocycles. The summed E-state index contributed by atoms with van der Waals surface area (Å²) in [4.78, 5) is 27.6. The van der Waals surface area contributed by atoms with Gasteiger partial charge in [-0.1, -0.05) is 61.7 Å². The lowest BCUT2D eigenvalue weighted by Gasteiger charge is -2.31. The number of carbonyl (C=O) groups is 2. The molecule has 0 saturated carbocycles. The molecule has 0 bridgehead atoms. The number of halogens is 2. The van der Waals surface area contributed by atoms with E-state index in [1.807, 2.05) is 19.9 Å². The molecular formula is C24H30Cl2N2O4. The van der Waals surface area contributed by atoms with E-state index in [4.69, 9.17) is 32.7 Å². The molecule has 0 unspecified atom stereocenters. The van der Waals surface area contributed by atoms with Gasteiger partial charge in [0, 0.05) is 28.7 Å². The van der Waals surface area contributed by atoms with Gasteiger partial charge < -0.3 is 19.7 Å². The summed E-state index contributed by atoms with van der Waals surface area (Å²) >= 11 is 12.7. The maximum absolute atomic E-state index is 13.3. The average molecular weight is 481 g/mol. The second-order valence-corrected chi connectivity index (χ2v) is 8.04. The minimum atomic E-state index is -0.687. The summed E-state index contributed by atoms with van der Waals surface area (Å²) in [7, 11) is 1.53. The smallest absolute Gasteiger partial charge is 0.261 e. The zero-order chi connectivity index (χ0) is 23.5. The predicted molar refractivity (Wildman–Crippen MR) is 127 cm³/mol. The van der Waals surface area contributed by atoms with Gasteiger partial charge in [0.2, 0.25) is 5.91 Å². The number of methoxy groups -OCH3 is 1. The molecule has 0 aliphatic carbocycles. The topological polar surface area (TPSA) is 67.9 Å². The van der Waals surface area contributed by atoms with Crippen LogP contribution in [-0.4, -0.2) is 43.0 Å². The zero-order valence-electron chi connectivity index (χ0n) is 18.7. The molecule has 174 valence electrons. The highest BCUT2D eigenvalue weighted by Crippen LogP contribution is 2.28. The van der Waals surface area contributed by atoms with Gasteiger partial charge in [0.1, 0.15) is 6.04 Å². The number of benzene rings is 2. The first-order chi connectivity index (χ1) is 15.4. The fourth-order valence-electron chi connectivity index (χ4n) is 3.24. The van der Waals surface area contributed by atoms with Gasteiger partial charge in [0.05, 0.1) is 7.11 Å². The molecule has 0 saturated heterocycles. The lowest BCUT2D eigenvalue weighted by Crippen LogP contribution is -2.50. The van der Waals surface area contributed by atoms with Gasteiger partial charge >= 0.3 is 0 Å². The normalized spacial score (nSPS) is 11.5. The largest absolute Gasteiger partial charge is 0.493 e. The van der Waals surface area contributed by atoms with Crippen LogP contribution in [0.2, 0.25) is 10.0 Å². The van der Waals surface area contributed by atoms with Gasteiger partial charge in [-0.15, -0.1) is 0 Å². The van der Waals surface area contributed by atoms with Crippen LogP contribution in [0.25, 0.3) is 0 Å². The van der Waals surface area contributed by atoms with E-state index >= 15 is 0 Å². The molecule has 1 N–H and O–H groups in total. The molecule has 32 heavy (non-hydrogen) atoms. The van der Waals surface area contributed by atoms with Crippen molar-refractivity contribution >= 4 is 35.0 Å². The number of rotatable bonds is 12. The third-order valence-electron chi connectivity index (χ3n) is 5.03. The van der Waals surface area contributed by atoms with Crippen LogP contribution in [-0.2, 0) is 16.1 Å². The van der Waals surface area contributed by atoms with Crippen molar-refractivity contribution in [3.05, 3.63) is 58.1 Å².